The number of halogens is 1. The summed E-state index contributed by atoms with van der Waals surface area (Å²) >= 11 is 2.30. The van der Waals surface area contributed by atoms with Crippen LogP contribution in [-0.2, 0) is 27.4 Å². The normalized spacial score (nSPS) is 20.6. The molecule has 3 aromatic carbocycles. The van der Waals surface area contributed by atoms with Gasteiger partial charge in [0.25, 0.3) is 0 Å². The van der Waals surface area contributed by atoms with E-state index in [1.54, 1.807) is 4.90 Å². The van der Waals surface area contributed by atoms with Crippen LogP contribution in [0, 0.1) is 5.92 Å². The van der Waals surface area contributed by atoms with Crippen LogP contribution in [0.2, 0.25) is 0 Å². The molecule has 0 bridgehead atoms. The molecule has 1 aliphatic rings. The number of carbonyl (C=O) groups excluding carboxylic acids is 2. The summed E-state index contributed by atoms with van der Waals surface area (Å²) in [6, 6.07) is 28.1. The molecule has 0 radical (unpaired) electrons. The minimum absolute atomic E-state index is 0.158. The van der Waals surface area contributed by atoms with Crippen molar-refractivity contribution in [3.8, 4) is 0 Å². The molecule has 3 aromatic rings. The lowest BCUT2D eigenvalue weighted by molar-refractivity contribution is 0.0426. The van der Waals surface area contributed by atoms with Crippen LogP contribution in [0.25, 0.3) is 0 Å². The van der Waals surface area contributed by atoms with Crippen molar-refractivity contribution in [2.45, 2.75) is 57.7 Å². The van der Waals surface area contributed by atoms with Crippen LogP contribution < -0.4 is 5.32 Å². The Labute approximate surface area is 250 Å². The fourth-order valence-corrected chi connectivity index (χ4v) is 6.12. The fourth-order valence-electron chi connectivity index (χ4n) is 5.04. The van der Waals surface area contributed by atoms with Gasteiger partial charge in [0.2, 0.25) is 0 Å². The SMILES string of the molecule is CC(C)(C)OC(=O)N[C@@H]1[C@@H](COCc2ccccc2)[C@H](CI)N(C(=O)OCc2ccccc2)[C@H]1c1ccccc1. The number of nitrogens with one attached hydrogen (secondary N) is 1. The Morgan fingerprint density at radius 2 is 1.40 bits per heavy atom. The fraction of sp³-hybridized carbons (Fsp3) is 0.375. The second-order valence-corrected chi connectivity index (χ2v) is 11.7. The maximum atomic E-state index is 13.8. The average molecular weight is 657 g/mol. The number of carbonyl (C=O) groups is 2. The molecule has 212 valence electrons. The summed E-state index contributed by atoms with van der Waals surface area (Å²) < 4.78 is 18.3. The molecule has 1 heterocycles. The maximum absolute atomic E-state index is 13.8. The zero-order valence-electron chi connectivity index (χ0n) is 23.2. The molecule has 0 unspecified atom stereocenters. The third-order valence-corrected chi connectivity index (χ3v) is 7.68. The van der Waals surface area contributed by atoms with Gasteiger partial charge in [-0.2, -0.15) is 0 Å². The monoisotopic (exact) mass is 656 g/mol. The Morgan fingerprint density at radius 1 is 0.850 bits per heavy atom. The van der Waals surface area contributed by atoms with Gasteiger partial charge in [-0.3, -0.25) is 4.90 Å². The van der Waals surface area contributed by atoms with E-state index < -0.39 is 29.9 Å². The van der Waals surface area contributed by atoms with Gasteiger partial charge in [0.05, 0.1) is 31.3 Å². The van der Waals surface area contributed by atoms with E-state index in [2.05, 4.69) is 27.9 Å². The number of alkyl carbamates (subject to hydrolysis) is 1. The van der Waals surface area contributed by atoms with Gasteiger partial charge in [-0.1, -0.05) is 114 Å². The predicted octanol–water partition coefficient (Wildman–Crippen LogP) is 6.91. The molecule has 4 atom stereocenters. The molecular weight excluding hydrogens is 619 g/mol. The van der Waals surface area contributed by atoms with Gasteiger partial charge in [0.1, 0.15) is 12.2 Å². The van der Waals surface area contributed by atoms with Gasteiger partial charge in [-0.05, 0) is 37.5 Å². The molecule has 1 N–H and O–H groups in total. The van der Waals surface area contributed by atoms with Gasteiger partial charge in [-0.15, -0.1) is 0 Å². The first-order chi connectivity index (χ1) is 19.3. The smallest absolute Gasteiger partial charge is 0.410 e. The second-order valence-electron chi connectivity index (χ2n) is 10.9. The van der Waals surface area contributed by atoms with Gasteiger partial charge in [-0.25, -0.2) is 9.59 Å². The third-order valence-electron chi connectivity index (χ3n) is 6.77. The van der Waals surface area contributed by atoms with Crippen molar-refractivity contribution >= 4 is 34.8 Å². The van der Waals surface area contributed by atoms with Crippen molar-refractivity contribution < 1.29 is 23.8 Å². The Morgan fingerprint density at radius 3 is 1.95 bits per heavy atom. The van der Waals surface area contributed by atoms with Gasteiger partial charge in [0, 0.05) is 10.3 Å². The highest BCUT2D eigenvalue weighted by molar-refractivity contribution is 14.1. The Hall–Kier alpha value is -3.11. The number of hydrogen-bond donors (Lipinski definition) is 1. The molecule has 0 aromatic heterocycles. The van der Waals surface area contributed by atoms with E-state index in [-0.39, 0.29) is 18.6 Å². The number of amides is 2. The van der Waals surface area contributed by atoms with E-state index in [0.29, 0.717) is 17.6 Å². The van der Waals surface area contributed by atoms with Crippen LogP contribution in [0.1, 0.15) is 43.5 Å². The highest BCUT2D eigenvalue weighted by Crippen LogP contribution is 2.42. The van der Waals surface area contributed by atoms with Crippen LogP contribution >= 0.6 is 22.6 Å². The topological polar surface area (TPSA) is 77.1 Å². The average Bonchev–Trinajstić information content (AvgIpc) is 3.25. The summed E-state index contributed by atoms with van der Waals surface area (Å²) in [5.74, 6) is -0.206. The van der Waals surface area contributed by atoms with Crippen molar-refractivity contribution in [3.63, 3.8) is 0 Å². The molecule has 2 amide bonds. The molecule has 1 fully saturated rings. The van der Waals surface area contributed by atoms with E-state index in [9.17, 15) is 9.59 Å². The van der Waals surface area contributed by atoms with Crippen molar-refractivity contribution in [2.75, 3.05) is 11.0 Å². The van der Waals surface area contributed by atoms with Gasteiger partial charge < -0.3 is 19.5 Å². The minimum Gasteiger partial charge on any atom is -0.445 e. The molecule has 40 heavy (non-hydrogen) atoms. The molecule has 0 aliphatic carbocycles. The largest absolute Gasteiger partial charge is 0.445 e. The first kappa shape index (κ1) is 29.9. The molecule has 0 saturated carbocycles. The molecule has 1 aliphatic heterocycles. The standard InChI is InChI=1S/C32H37IN2O5/c1-32(2,3)40-30(36)34-28-26(22-38-20-23-13-7-4-8-14-23)27(19-33)35(29(28)25-17-11-6-12-18-25)31(37)39-21-24-15-9-5-10-16-24/h4-18,26-29H,19-22H2,1-3H3,(H,34,36)/t26-,27-,28+,29-/m0/s1. The van der Waals surface area contributed by atoms with Crippen LogP contribution in [0.4, 0.5) is 9.59 Å². The van der Waals surface area contributed by atoms with E-state index in [1.807, 2.05) is 112 Å². The number of likely N-dealkylation sites (tertiary alicyclic amines) is 1. The summed E-state index contributed by atoms with van der Waals surface area (Å²) in [6.45, 7) is 6.42. The molecular formula is C32H37IN2O5. The van der Waals surface area contributed by atoms with Crippen LogP contribution in [-0.4, -0.2) is 45.8 Å². The first-order valence-electron chi connectivity index (χ1n) is 13.5. The third kappa shape index (κ3) is 7.97. The number of alkyl halides is 1. The molecule has 8 heteroatoms. The summed E-state index contributed by atoms with van der Waals surface area (Å²) in [5.41, 5.74) is 2.20. The van der Waals surface area contributed by atoms with Gasteiger partial charge >= 0.3 is 12.2 Å². The Kier molecular flexibility index (Phi) is 10.4. The number of rotatable bonds is 9. The number of hydrogen-bond acceptors (Lipinski definition) is 5. The molecule has 7 nitrogen and oxygen atoms in total. The summed E-state index contributed by atoms with van der Waals surface area (Å²) in [7, 11) is 0. The van der Waals surface area contributed by atoms with Crippen molar-refractivity contribution in [2.24, 2.45) is 5.92 Å². The second kappa shape index (κ2) is 14.0. The van der Waals surface area contributed by atoms with Crippen molar-refractivity contribution in [3.05, 3.63) is 108 Å². The number of ether oxygens (including phenoxy) is 3. The van der Waals surface area contributed by atoms with Crippen LogP contribution in [0.3, 0.4) is 0 Å². The highest BCUT2D eigenvalue weighted by atomic mass is 127. The van der Waals surface area contributed by atoms with Crippen molar-refractivity contribution in [1.29, 1.82) is 0 Å². The van der Waals surface area contributed by atoms with Crippen LogP contribution in [0.15, 0.2) is 91.0 Å². The summed E-state index contributed by atoms with van der Waals surface area (Å²) in [5, 5.41) is 3.11. The zero-order chi connectivity index (χ0) is 28.5. The highest BCUT2D eigenvalue weighted by Gasteiger charge is 2.52. The van der Waals surface area contributed by atoms with Crippen molar-refractivity contribution in [1.82, 2.24) is 10.2 Å². The van der Waals surface area contributed by atoms with E-state index in [1.165, 1.54) is 0 Å². The van der Waals surface area contributed by atoms with E-state index >= 15 is 0 Å². The molecule has 0 spiro atoms. The lowest BCUT2D eigenvalue weighted by Crippen LogP contribution is -2.46. The lowest BCUT2D eigenvalue weighted by atomic mass is 9.92. The minimum atomic E-state index is -0.665. The summed E-state index contributed by atoms with van der Waals surface area (Å²) in [6.07, 6.45) is -0.959. The first-order valence-corrected chi connectivity index (χ1v) is 15.0. The van der Waals surface area contributed by atoms with Gasteiger partial charge in [0.15, 0.2) is 0 Å². The van der Waals surface area contributed by atoms with Crippen LogP contribution in [0.5, 0.6) is 0 Å². The molecule has 4 rings (SSSR count). The van der Waals surface area contributed by atoms with E-state index in [0.717, 1.165) is 16.7 Å². The zero-order valence-corrected chi connectivity index (χ0v) is 25.3. The number of nitrogens with zero attached hydrogens (tertiary/aromatic N) is 1. The predicted molar refractivity (Wildman–Crippen MR) is 163 cm³/mol. The lowest BCUT2D eigenvalue weighted by Gasteiger charge is -2.31. The Bertz CT molecular complexity index is 1220. The Balaban J connectivity index is 1.65. The molecule has 1 saturated heterocycles. The number of benzene rings is 3. The van der Waals surface area contributed by atoms with E-state index in [4.69, 9.17) is 14.2 Å². The quantitative estimate of drug-likeness (QED) is 0.200. The summed E-state index contributed by atoms with van der Waals surface area (Å²) in [4.78, 5) is 28.7. The maximum Gasteiger partial charge on any atom is 0.410 e.